The fourth-order valence-corrected chi connectivity index (χ4v) is 2.99. The third-order valence-electron chi connectivity index (χ3n) is 3.58. The molecular formula is C19H15N3O4S. The van der Waals surface area contributed by atoms with Gasteiger partial charge in [0, 0.05) is 11.6 Å². The highest BCUT2D eigenvalue weighted by Crippen LogP contribution is 2.28. The standard InChI is InChI=1S/C19H15N3O4S/c1-26-17(24)10-16-18(25)21-19(27-16)22-20-11-12-6-8-13(9-7-12)14-4-2-3-5-15(14)23/h2-11,23H,1H3,(H,21,22,25)/b16-10+,20-11?. The van der Waals surface area contributed by atoms with E-state index in [9.17, 15) is 14.7 Å². The van der Waals surface area contributed by atoms with E-state index in [4.69, 9.17) is 0 Å². The van der Waals surface area contributed by atoms with Crippen LogP contribution in [0.1, 0.15) is 5.56 Å². The maximum absolute atomic E-state index is 11.7. The fraction of sp³-hybridized carbons (Fsp3) is 0.0526. The topological polar surface area (TPSA) is 100 Å². The van der Waals surface area contributed by atoms with Crippen molar-refractivity contribution in [1.82, 2.24) is 5.32 Å². The molecule has 1 amide bonds. The lowest BCUT2D eigenvalue weighted by molar-refractivity contribution is -0.135. The van der Waals surface area contributed by atoms with Crippen LogP contribution in [0.4, 0.5) is 0 Å². The molecule has 2 aromatic rings. The molecule has 1 fully saturated rings. The molecule has 2 aromatic carbocycles. The van der Waals surface area contributed by atoms with Crippen LogP contribution in [0, 0.1) is 0 Å². The largest absolute Gasteiger partial charge is 0.507 e. The van der Waals surface area contributed by atoms with E-state index >= 15 is 0 Å². The zero-order valence-corrected chi connectivity index (χ0v) is 15.1. The van der Waals surface area contributed by atoms with E-state index in [1.54, 1.807) is 12.1 Å². The summed E-state index contributed by atoms with van der Waals surface area (Å²) in [5, 5.41) is 20.6. The Morgan fingerprint density at radius 2 is 1.93 bits per heavy atom. The molecule has 1 aliphatic heterocycles. The van der Waals surface area contributed by atoms with E-state index in [2.05, 4.69) is 20.3 Å². The number of carbonyl (C=O) groups is 2. The molecule has 27 heavy (non-hydrogen) atoms. The smallest absolute Gasteiger partial charge is 0.331 e. The Bertz CT molecular complexity index is 965. The Hall–Kier alpha value is -3.39. The first kappa shape index (κ1) is 18.4. The SMILES string of the molecule is COC(=O)/C=C1/S/C(=N\N=Cc2ccc(-c3ccccc3O)cc2)NC1=O. The number of phenolic OH excluding ortho intramolecular Hbond substituents is 1. The lowest BCUT2D eigenvalue weighted by Gasteiger charge is -2.04. The van der Waals surface area contributed by atoms with Gasteiger partial charge in [-0.1, -0.05) is 42.5 Å². The third kappa shape index (κ3) is 4.62. The molecule has 2 N–H and O–H groups in total. The second kappa shape index (κ2) is 8.33. The Labute approximate surface area is 159 Å². The number of carbonyl (C=O) groups excluding carboxylic acids is 2. The summed E-state index contributed by atoms with van der Waals surface area (Å²) < 4.78 is 4.49. The molecule has 7 nitrogen and oxygen atoms in total. The minimum atomic E-state index is -0.609. The van der Waals surface area contributed by atoms with Crippen LogP contribution in [-0.4, -0.2) is 35.5 Å². The van der Waals surface area contributed by atoms with Crippen LogP contribution in [0.15, 0.2) is 69.7 Å². The summed E-state index contributed by atoms with van der Waals surface area (Å²) in [6.07, 6.45) is 2.64. The maximum atomic E-state index is 11.7. The van der Waals surface area contributed by atoms with Crippen molar-refractivity contribution in [2.75, 3.05) is 7.11 Å². The number of ether oxygens (including phenoxy) is 1. The molecule has 1 heterocycles. The molecule has 0 aliphatic carbocycles. The molecular weight excluding hydrogens is 366 g/mol. The van der Waals surface area contributed by atoms with Crippen molar-refractivity contribution in [3.8, 4) is 16.9 Å². The van der Waals surface area contributed by atoms with Crippen molar-refractivity contribution in [2.24, 2.45) is 10.2 Å². The zero-order chi connectivity index (χ0) is 19.2. The number of benzene rings is 2. The summed E-state index contributed by atoms with van der Waals surface area (Å²) >= 11 is 1.01. The highest BCUT2D eigenvalue weighted by Gasteiger charge is 2.24. The van der Waals surface area contributed by atoms with Gasteiger partial charge in [-0.25, -0.2) is 4.79 Å². The molecule has 8 heteroatoms. The van der Waals surface area contributed by atoms with E-state index in [1.807, 2.05) is 36.4 Å². The lowest BCUT2D eigenvalue weighted by Crippen LogP contribution is -2.19. The number of thioether (sulfide) groups is 1. The summed E-state index contributed by atoms with van der Waals surface area (Å²) in [7, 11) is 1.24. The van der Waals surface area contributed by atoms with Gasteiger partial charge in [0.25, 0.3) is 5.91 Å². The molecule has 0 unspecified atom stereocenters. The number of hydrogen-bond acceptors (Lipinski definition) is 7. The third-order valence-corrected chi connectivity index (χ3v) is 4.48. The second-order valence-electron chi connectivity index (χ2n) is 5.38. The Morgan fingerprint density at radius 1 is 1.19 bits per heavy atom. The van der Waals surface area contributed by atoms with Gasteiger partial charge < -0.3 is 9.84 Å². The summed E-state index contributed by atoms with van der Waals surface area (Å²) in [5.41, 5.74) is 2.43. The number of rotatable bonds is 4. The number of hydrogen-bond donors (Lipinski definition) is 2. The van der Waals surface area contributed by atoms with Gasteiger partial charge in [-0.2, -0.15) is 5.10 Å². The Kier molecular flexibility index (Phi) is 5.68. The Morgan fingerprint density at radius 3 is 2.63 bits per heavy atom. The van der Waals surface area contributed by atoms with Gasteiger partial charge in [0.15, 0.2) is 5.17 Å². The molecule has 3 rings (SSSR count). The summed E-state index contributed by atoms with van der Waals surface area (Å²) in [6.45, 7) is 0. The van der Waals surface area contributed by atoms with Crippen LogP contribution < -0.4 is 5.32 Å². The first-order chi connectivity index (χ1) is 13.1. The summed E-state index contributed by atoms with van der Waals surface area (Å²) in [4.78, 5) is 23.1. The molecule has 0 aromatic heterocycles. The summed E-state index contributed by atoms with van der Waals surface area (Å²) in [5.74, 6) is -0.816. The Balaban J connectivity index is 1.68. The normalized spacial score (nSPS) is 16.9. The number of phenols is 1. The minimum absolute atomic E-state index is 0.197. The number of amides is 1. The molecule has 1 aliphatic rings. The van der Waals surface area contributed by atoms with Crippen molar-refractivity contribution >= 4 is 35.0 Å². The molecule has 0 atom stereocenters. The van der Waals surface area contributed by atoms with Gasteiger partial charge in [0.2, 0.25) is 0 Å². The number of nitrogens with one attached hydrogen (secondary N) is 1. The number of para-hydroxylation sites is 1. The van der Waals surface area contributed by atoms with Gasteiger partial charge in [0.05, 0.1) is 18.2 Å². The van der Waals surface area contributed by atoms with E-state index in [1.165, 1.54) is 13.3 Å². The van der Waals surface area contributed by atoms with Crippen molar-refractivity contribution < 1.29 is 19.4 Å². The van der Waals surface area contributed by atoms with Crippen LogP contribution in [0.5, 0.6) is 5.75 Å². The molecule has 136 valence electrons. The van der Waals surface area contributed by atoms with Gasteiger partial charge in [-0.3, -0.25) is 10.1 Å². The van der Waals surface area contributed by atoms with Gasteiger partial charge in [-0.05, 0) is 29.0 Å². The van der Waals surface area contributed by atoms with Crippen LogP contribution >= 0.6 is 11.8 Å². The van der Waals surface area contributed by atoms with E-state index in [0.29, 0.717) is 0 Å². The predicted molar refractivity (Wildman–Crippen MR) is 104 cm³/mol. The quantitative estimate of drug-likeness (QED) is 0.367. The van der Waals surface area contributed by atoms with Crippen molar-refractivity contribution in [1.29, 1.82) is 0 Å². The van der Waals surface area contributed by atoms with Gasteiger partial charge in [0.1, 0.15) is 5.75 Å². The first-order valence-corrected chi connectivity index (χ1v) is 8.67. The van der Waals surface area contributed by atoms with Crippen molar-refractivity contribution in [3.05, 3.63) is 65.1 Å². The molecule has 0 spiro atoms. The van der Waals surface area contributed by atoms with Crippen molar-refractivity contribution in [3.63, 3.8) is 0 Å². The van der Waals surface area contributed by atoms with E-state index < -0.39 is 11.9 Å². The zero-order valence-electron chi connectivity index (χ0n) is 14.2. The van der Waals surface area contributed by atoms with E-state index in [-0.39, 0.29) is 15.8 Å². The second-order valence-corrected chi connectivity index (χ2v) is 6.41. The molecule has 1 saturated heterocycles. The first-order valence-electron chi connectivity index (χ1n) is 7.85. The summed E-state index contributed by atoms with van der Waals surface area (Å²) in [6, 6.07) is 14.5. The highest BCUT2D eigenvalue weighted by molar-refractivity contribution is 8.18. The predicted octanol–water partition coefficient (Wildman–Crippen LogP) is 2.67. The van der Waals surface area contributed by atoms with Crippen LogP contribution in [0.3, 0.4) is 0 Å². The average molecular weight is 381 g/mol. The van der Waals surface area contributed by atoms with Gasteiger partial charge in [-0.15, -0.1) is 5.10 Å². The van der Waals surface area contributed by atoms with Crippen molar-refractivity contribution in [2.45, 2.75) is 0 Å². The molecule has 0 bridgehead atoms. The number of methoxy groups -OCH3 is 1. The maximum Gasteiger partial charge on any atom is 0.331 e. The number of esters is 1. The highest BCUT2D eigenvalue weighted by atomic mass is 32.2. The minimum Gasteiger partial charge on any atom is -0.507 e. The molecule has 0 radical (unpaired) electrons. The molecule has 0 saturated carbocycles. The number of aromatic hydroxyl groups is 1. The van der Waals surface area contributed by atoms with Crippen LogP contribution in [0.2, 0.25) is 0 Å². The number of amidine groups is 1. The monoisotopic (exact) mass is 381 g/mol. The van der Waals surface area contributed by atoms with Crippen LogP contribution in [0.25, 0.3) is 11.1 Å². The van der Waals surface area contributed by atoms with E-state index in [0.717, 1.165) is 34.5 Å². The fourth-order valence-electron chi connectivity index (χ4n) is 2.26. The van der Waals surface area contributed by atoms with Gasteiger partial charge >= 0.3 is 5.97 Å². The van der Waals surface area contributed by atoms with Crippen LogP contribution in [-0.2, 0) is 14.3 Å². The lowest BCUT2D eigenvalue weighted by atomic mass is 10.0. The number of nitrogens with zero attached hydrogens (tertiary/aromatic N) is 2. The average Bonchev–Trinajstić information content (AvgIpc) is 3.02.